The Kier molecular flexibility index (Phi) is 19.5. The van der Waals surface area contributed by atoms with Gasteiger partial charge in [0.1, 0.15) is 0 Å². The van der Waals surface area contributed by atoms with Crippen molar-refractivity contribution in [2.24, 2.45) is 11.5 Å². The van der Waals surface area contributed by atoms with Gasteiger partial charge in [-0.15, -0.1) is 0 Å². The summed E-state index contributed by atoms with van der Waals surface area (Å²) in [6.07, 6.45) is 0. The maximum Gasteiger partial charge on any atom is 0.0104 e. The molecule has 0 atom stereocenters. The van der Waals surface area contributed by atoms with Crippen molar-refractivity contribution in [1.82, 2.24) is 15.5 Å². The molecule has 0 amide bonds. The van der Waals surface area contributed by atoms with E-state index in [1.165, 1.54) is 0 Å². The molecular formula is C11H31N5. The van der Waals surface area contributed by atoms with Crippen LogP contribution in [0.1, 0.15) is 13.8 Å². The highest BCUT2D eigenvalue weighted by Crippen LogP contribution is 1.76. The molecule has 0 aromatic carbocycles. The Hall–Kier alpha value is -0.200. The van der Waals surface area contributed by atoms with E-state index in [1.54, 1.807) is 0 Å². The first kappa shape index (κ1) is 18.2. The smallest absolute Gasteiger partial charge is 0.0104 e. The van der Waals surface area contributed by atoms with E-state index >= 15 is 0 Å². The van der Waals surface area contributed by atoms with Gasteiger partial charge in [-0.1, -0.05) is 13.8 Å². The van der Waals surface area contributed by atoms with E-state index in [0.29, 0.717) is 6.54 Å². The van der Waals surface area contributed by atoms with Crippen LogP contribution in [0.15, 0.2) is 0 Å². The summed E-state index contributed by atoms with van der Waals surface area (Å²) in [6, 6.07) is 0. The van der Waals surface area contributed by atoms with Crippen LogP contribution in [0.25, 0.3) is 0 Å². The summed E-state index contributed by atoms with van der Waals surface area (Å²) in [4.78, 5) is 2.22. The van der Waals surface area contributed by atoms with E-state index in [-0.39, 0.29) is 0 Å². The van der Waals surface area contributed by atoms with E-state index < -0.39 is 0 Å². The first-order valence-corrected chi connectivity index (χ1v) is 6.31. The summed E-state index contributed by atoms with van der Waals surface area (Å²) in [7, 11) is 2.08. The number of nitrogens with zero attached hydrogens (tertiary/aromatic N) is 1. The predicted molar refractivity (Wildman–Crippen MR) is 72.7 cm³/mol. The molecule has 0 heterocycles. The quantitative estimate of drug-likeness (QED) is 0.366. The second-order valence-corrected chi connectivity index (χ2v) is 3.38. The highest BCUT2D eigenvalue weighted by Gasteiger charge is 1.94. The van der Waals surface area contributed by atoms with Crippen molar-refractivity contribution in [2.45, 2.75) is 13.8 Å². The van der Waals surface area contributed by atoms with Gasteiger partial charge in [0.2, 0.25) is 0 Å². The molecule has 0 aromatic rings. The maximum absolute atomic E-state index is 5.43. The molecule has 0 fully saturated rings. The molecule has 16 heavy (non-hydrogen) atoms. The second-order valence-electron chi connectivity index (χ2n) is 3.38. The average molecular weight is 233 g/mol. The van der Waals surface area contributed by atoms with Crippen LogP contribution in [0.2, 0.25) is 0 Å². The minimum Gasteiger partial charge on any atom is -0.329 e. The molecule has 0 unspecified atom stereocenters. The van der Waals surface area contributed by atoms with E-state index in [1.807, 2.05) is 13.8 Å². The van der Waals surface area contributed by atoms with Crippen LogP contribution in [0.3, 0.4) is 0 Å². The van der Waals surface area contributed by atoms with Crippen molar-refractivity contribution in [2.75, 3.05) is 59.4 Å². The van der Waals surface area contributed by atoms with Crippen LogP contribution < -0.4 is 22.1 Å². The molecule has 0 aliphatic rings. The molecule has 0 bridgehead atoms. The van der Waals surface area contributed by atoms with Crippen molar-refractivity contribution in [3.63, 3.8) is 0 Å². The van der Waals surface area contributed by atoms with Crippen molar-refractivity contribution in [3.05, 3.63) is 0 Å². The van der Waals surface area contributed by atoms with Crippen LogP contribution >= 0.6 is 0 Å². The fourth-order valence-corrected chi connectivity index (χ4v) is 1.13. The number of likely N-dealkylation sites (N-methyl/N-ethyl adjacent to an activating group) is 1. The van der Waals surface area contributed by atoms with Gasteiger partial charge in [-0.05, 0) is 7.05 Å². The normalized spacial score (nSPS) is 10.1. The third-order valence-electron chi connectivity index (χ3n) is 1.98. The SMILES string of the molecule is CC.CN(CCN)CCNCCNCCN. The van der Waals surface area contributed by atoms with Gasteiger partial charge < -0.3 is 27.0 Å². The average Bonchev–Trinajstić information content (AvgIpc) is 2.31. The molecule has 0 saturated heterocycles. The Labute approximate surface area is 101 Å². The van der Waals surface area contributed by atoms with Crippen LogP contribution in [0.5, 0.6) is 0 Å². The van der Waals surface area contributed by atoms with Gasteiger partial charge in [0.15, 0.2) is 0 Å². The molecule has 6 N–H and O–H groups in total. The van der Waals surface area contributed by atoms with E-state index in [4.69, 9.17) is 11.5 Å². The number of rotatable bonds is 10. The number of hydrogen-bond acceptors (Lipinski definition) is 5. The van der Waals surface area contributed by atoms with Crippen molar-refractivity contribution >= 4 is 0 Å². The lowest BCUT2D eigenvalue weighted by molar-refractivity contribution is 0.340. The lowest BCUT2D eigenvalue weighted by Crippen LogP contribution is -2.36. The molecule has 0 spiro atoms. The second kappa shape index (κ2) is 17.2. The Morgan fingerprint density at radius 3 is 1.88 bits per heavy atom. The lowest BCUT2D eigenvalue weighted by Gasteiger charge is -2.15. The first-order valence-electron chi connectivity index (χ1n) is 6.31. The molecule has 0 aliphatic carbocycles. The summed E-state index contributed by atoms with van der Waals surface area (Å²) >= 11 is 0. The number of nitrogens with two attached hydrogens (primary N) is 2. The fraction of sp³-hybridized carbons (Fsp3) is 1.00. The maximum atomic E-state index is 5.43. The minimum atomic E-state index is 0.708. The zero-order chi connectivity index (χ0) is 12.6. The Balaban J connectivity index is 0. The molecule has 5 nitrogen and oxygen atoms in total. The third kappa shape index (κ3) is 16.2. The summed E-state index contributed by atoms with van der Waals surface area (Å²) < 4.78 is 0. The van der Waals surface area contributed by atoms with Gasteiger partial charge in [-0.25, -0.2) is 0 Å². The lowest BCUT2D eigenvalue weighted by atomic mass is 10.5. The molecule has 100 valence electrons. The van der Waals surface area contributed by atoms with Crippen LogP contribution in [0.4, 0.5) is 0 Å². The standard InChI is InChI=1S/C9H25N5.C2H6/c1-14(8-3-11)9-7-13-6-5-12-4-2-10;1-2/h12-13H,2-11H2,1H3;1-2H3. The molecule has 5 heteroatoms. The molecule has 0 rings (SSSR count). The van der Waals surface area contributed by atoms with Crippen molar-refractivity contribution < 1.29 is 0 Å². The summed E-state index contributed by atoms with van der Waals surface area (Å²) in [6.45, 7) is 11.3. The Morgan fingerprint density at radius 2 is 1.38 bits per heavy atom. The summed E-state index contributed by atoms with van der Waals surface area (Å²) in [5.41, 5.74) is 10.8. The van der Waals surface area contributed by atoms with Gasteiger partial charge in [0, 0.05) is 52.4 Å². The molecule has 0 radical (unpaired) electrons. The third-order valence-corrected chi connectivity index (χ3v) is 1.98. The largest absolute Gasteiger partial charge is 0.329 e. The first-order chi connectivity index (χ1) is 7.81. The molecular weight excluding hydrogens is 202 g/mol. The van der Waals surface area contributed by atoms with Crippen LogP contribution in [-0.2, 0) is 0 Å². The number of hydrogen-bond donors (Lipinski definition) is 4. The summed E-state index contributed by atoms with van der Waals surface area (Å²) in [5, 5.41) is 6.58. The van der Waals surface area contributed by atoms with Gasteiger partial charge in [0.25, 0.3) is 0 Å². The topological polar surface area (TPSA) is 79.3 Å². The van der Waals surface area contributed by atoms with Crippen molar-refractivity contribution in [1.29, 1.82) is 0 Å². The predicted octanol–water partition coefficient (Wildman–Crippen LogP) is -0.959. The van der Waals surface area contributed by atoms with Gasteiger partial charge in [-0.2, -0.15) is 0 Å². The minimum absolute atomic E-state index is 0.708. The molecule has 0 aliphatic heterocycles. The Bertz CT molecular complexity index is 111. The molecule has 0 aromatic heterocycles. The number of nitrogens with one attached hydrogen (secondary N) is 2. The van der Waals surface area contributed by atoms with Gasteiger partial charge in [-0.3, -0.25) is 0 Å². The zero-order valence-electron chi connectivity index (χ0n) is 11.3. The fourth-order valence-electron chi connectivity index (χ4n) is 1.13. The summed E-state index contributed by atoms with van der Waals surface area (Å²) in [5.74, 6) is 0. The van der Waals surface area contributed by atoms with Gasteiger partial charge >= 0.3 is 0 Å². The molecule has 0 saturated carbocycles. The highest BCUT2D eigenvalue weighted by molar-refractivity contribution is 4.56. The monoisotopic (exact) mass is 233 g/mol. The zero-order valence-corrected chi connectivity index (χ0v) is 11.3. The van der Waals surface area contributed by atoms with Crippen LogP contribution in [0, 0.1) is 0 Å². The van der Waals surface area contributed by atoms with Crippen molar-refractivity contribution in [3.8, 4) is 0 Å². The highest BCUT2D eigenvalue weighted by atomic mass is 15.1. The van der Waals surface area contributed by atoms with Crippen LogP contribution in [-0.4, -0.2) is 64.3 Å². The van der Waals surface area contributed by atoms with Gasteiger partial charge in [0.05, 0.1) is 0 Å². The van der Waals surface area contributed by atoms with E-state index in [2.05, 4.69) is 22.6 Å². The van der Waals surface area contributed by atoms with E-state index in [0.717, 1.165) is 45.8 Å². The van der Waals surface area contributed by atoms with E-state index in [9.17, 15) is 0 Å². The Morgan fingerprint density at radius 1 is 0.812 bits per heavy atom.